The summed E-state index contributed by atoms with van der Waals surface area (Å²) in [5.74, 6) is -1.41. The van der Waals surface area contributed by atoms with Gasteiger partial charge in [0.15, 0.2) is 0 Å². The van der Waals surface area contributed by atoms with Crippen molar-refractivity contribution in [3.8, 4) is 11.1 Å². The first-order chi connectivity index (χ1) is 19.4. The third-order valence-electron chi connectivity index (χ3n) is 7.39. The van der Waals surface area contributed by atoms with E-state index in [1.165, 1.54) is 9.80 Å². The minimum Gasteiger partial charge on any atom is -0.270 e. The zero-order chi connectivity index (χ0) is 28.0. The molecule has 4 amide bonds. The second kappa shape index (κ2) is 9.75. The molecule has 4 aromatic rings. The van der Waals surface area contributed by atoms with E-state index in [-0.39, 0.29) is 36.7 Å². The Kier molecular flexibility index (Phi) is 6.08. The number of benzene rings is 4. The normalized spacial score (nSPS) is 14.0. The van der Waals surface area contributed by atoms with Gasteiger partial charge in [-0.1, -0.05) is 86.0 Å². The van der Waals surface area contributed by atoms with Gasteiger partial charge >= 0.3 is 0 Å². The maximum Gasteiger partial charge on any atom is 0.261 e. The van der Waals surface area contributed by atoms with Crippen LogP contribution in [-0.4, -0.2) is 33.4 Å². The fraction of sp³-hybridized carbons (Fsp3) is 0.0588. The number of rotatable bonds is 7. The average molecular weight is 525 g/mol. The van der Waals surface area contributed by atoms with Gasteiger partial charge in [-0.2, -0.15) is 0 Å². The largest absolute Gasteiger partial charge is 0.270 e. The molecule has 0 aromatic heterocycles. The zero-order valence-electron chi connectivity index (χ0n) is 21.6. The molecular formula is C34H24N2O4. The van der Waals surface area contributed by atoms with Gasteiger partial charge in [0.25, 0.3) is 23.6 Å². The van der Waals surface area contributed by atoms with Gasteiger partial charge in [-0.25, -0.2) is 0 Å². The van der Waals surface area contributed by atoms with Gasteiger partial charge < -0.3 is 0 Å². The lowest BCUT2D eigenvalue weighted by atomic mass is 9.97. The topological polar surface area (TPSA) is 74.8 Å². The van der Waals surface area contributed by atoms with Crippen molar-refractivity contribution in [3.05, 3.63) is 143 Å². The minimum absolute atomic E-state index is 0.167. The first-order valence-electron chi connectivity index (χ1n) is 12.8. The Morgan fingerprint density at radius 1 is 0.475 bits per heavy atom. The van der Waals surface area contributed by atoms with E-state index < -0.39 is 0 Å². The van der Waals surface area contributed by atoms with E-state index in [2.05, 4.69) is 13.2 Å². The van der Waals surface area contributed by atoms with Crippen molar-refractivity contribution in [1.82, 2.24) is 9.80 Å². The Bertz CT molecular complexity index is 1620. The molecular weight excluding hydrogens is 500 g/mol. The molecule has 0 fully saturated rings. The first kappa shape index (κ1) is 24.9. The molecule has 6 nitrogen and oxygen atoms in total. The van der Waals surface area contributed by atoms with Crippen LogP contribution in [0.4, 0.5) is 0 Å². The average Bonchev–Trinajstić information content (AvgIpc) is 3.37. The Morgan fingerprint density at radius 3 is 1.18 bits per heavy atom. The molecule has 6 heteroatoms. The van der Waals surface area contributed by atoms with Gasteiger partial charge in [0.2, 0.25) is 0 Å². The highest BCUT2D eigenvalue weighted by molar-refractivity contribution is 6.23. The van der Waals surface area contributed by atoms with E-state index in [4.69, 9.17) is 0 Å². The van der Waals surface area contributed by atoms with Crippen molar-refractivity contribution in [2.45, 2.75) is 13.1 Å². The number of imide groups is 2. The van der Waals surface area contributed by atoms with Crippen molar-refractivity contribution in [3.63, 3.8) is 0 Å². The molecule has 0 unspecified atom stereocenters. The molecule has 0 atom stereocenters. The summed E-state index contributed by atoms with van der Waals surface area (Å²) in [6.45, 7) is 7.82. The van der Waals surface area contributed by atoms with Crippen molar-refractivity contribution >= 4 is 35.8 Å². The van der Waals surface area contributed by atoms with Crippen LogP contribution in [0.25, 0.3) is 23.3 Å². The molecule has 2 aliphatic heterocycles. The highest BCUT2D eigenvalue weighted by Crippen LogP contribution is 2.33. The predicted molar refractivity (Wildman–Crippen MR) is 153 cm³/mol. The SMILES string of the molecule is C=Cc1ccc(CN2C(=O)c3ccc(-c4ccc5c(c4)C(=O)N(Cc4ccc(C=C)cc4)C5=O)cc3C2=O)cc1. The lowest BCUT2D eigenvalue weighted by molar-refractivity contribution is 0.0627. The van der Waals surface area contributed by atoms with Crippen LogP contribution in [-0.2, 0) is 13.1 Å². The van der Waals surface area contributed by atoms with E-state index in [0.29, 0.717) is 33.4 Å². The monoisotopic (exact) mass is 524 g/mol. The van der Waals surface area contributed by atoms with Crippen LogP contribution in [0.5, 0.6) is 0 Å². The van der Waals surface area contributed by atoms with Crippen LogP contribution in [0.1, 0.15) is 63.7 Å². The van der Waals surface area contributed by atoms with Gasteiger partial charge in [0.05, 0.1) is 35.3 Å². The smallest absolute Gasteiger partial charge is 0.261 e. The lowest BCUT2D eigenvalue weighted by Crippen LogP contribution is -2.29. The summed E-state index contributed by atoms with van der Waals surface area (Å²) in [7, 11) is 0. The first-order valence-corrected chi connectivity index (χ1v) is 12.8. The Hall–Kier alpha value is -5.36. The maximum absolute atomic E-state index is 13.2. The molecule has 0 saturated heterocycles. The van der Waals surface area contributed by atoms with Crippen LogP contribution in [0.2, 0.25) is 0 Å². The van der Waals surface area contributed by atoms with Crippen LogP contribution in [0.3, 0.4) is 0 Å². The fourth-order valence-electron chi connectivity index (χ4n) is 5.11. The van der Waals surface area contributed by atoms with Gasteiger partial charge in [-0.05, 0) is 57.6 Å². The van der Waals surface area contributed by atoms with Crippen LogP contribution in [0, 0.1) is 0 Å². The van der Waals surface area contributed by atoms with Gasteiger partial charge in [0, 0.05) is 0 Å². The summed E-state index contributed by atoms with van der Waals surface area (Å²) < 4.78 is 0. The molecule has 4 aromatic carbocycles. The standard InChI is InChI=1S/C34H24N2O4/c1-3-21-5-9-23(10-6-21)19-35-31(37)27-15-13-25(17-29(27)33(35)39)26-14-16-28-30(18-26)34(40)36(32(28)38)20-24-11-7-22(4-2)8-12-24/h3-18H,1-2,19-20H2. The summed E-state index contributed by atoms with van der Waals surface area (Å²) in [6, 6.07) is 25.2. The Balaban J connectivity index is 1.25. The molecule has 0 radical (unpaired) electrons. The van der Waals surface area contributed by atoms with Gasteiger partial charge in [-0.3, -0.25) is 29.0 Å². The van der Waals surface area contributed by atoms with Crippen molar-refractivity contribution < 1.29 is 19.2 Å². The summed E-state index contributed by atoms with van der Waals surface area (Å²) in [6.07, 6.45) is 3.46. The zero-order valence-corrected chi connectivity index (χ0v) is 21.6. The Labute approximate surface area is 231 Å². The third kappa shape index (κ3) is 4.16. The third-order valence-corrected chi connectivity index (χ3v) is 7.39. The highest BCUT2D eigenvalue weighted by atomic mass is 16.2. The molecule has 2 heterocycles. The molecule has 0 N–H and O–H groups in total. The molecule has 0 aliphatic carbocycles. The lowest BCUT2D eigenvalue weighted by Gasteiger charge is -2.14. The quantitative estimate of drug-likeness (QED) is 0.269. The second-order valence-corrected chi connectivity index (χ2v) is 9.81. The predicted octanol–water partition coefficient (Wildman–Crippen LogP) is 6.23. The molecule has 2 aliphatic rings. The van der Waals surface area contributed by atoms with E-state index in [0.717, 1.165) is 22.3 Å². The molecule has 0 spiro atoms. The fourth-order valence-corrected chi connectivity index (χ4v) is 5.11. The van der Waals surface area contributed by atoms with E-state index in [1.807, 2.05) is 48.5 Å². The second-order valence-electron chi connectivity index (χ2n) is 9.81. The van der Waals surface area contributed by atoms with E-state index >= 15 is 0 Å². The number of amides is 4. The van der Waals surface area contributed by atoms with E-state index in [1.54, 1.807) is 48.6 Å². The number of carbonyl (C=O) groups is 4. The summed E-state index contributed by atoms with van der Waals surface area (Å²) >= 11 is 0. The summed E-state index contributed by atoms with van der Waals surface area (Å²) in [4.78, 5) is 55.0. The maximum atomic E-state index is 13.2. The molecule has 0 saturated carbocycles. The van der Waals surface area contributed by atoms with Crippen LogP contribution >= 0.6 is 0 Å². The number of hydrogen-bond donors (Lipinski definition) is 0. The van der Waals surface area contributed by atoms with Crippen molar-refractivity contribution in [2.75, 3.05) is 0 Å². The Morgan fingerprint density at radius 2 is 0.825 bits per heavy atom. The van der Waals surface area contributed by atoms with Crippen molar-refractivity contribution in [2.24, 2.45) is 0 Å². The number of carbonyl (C=O) groups excluding carboxylic acids is 4. The highest BCUT2D eigenvalue weighted by Gasteiger charge is 2.37. The summed E-state index contributed by atoms with van der Waals surface area (Å²) in [5, 5.41) is 0. The number of nitrogens with zero attached hydrogens (tertiary/aromatic N) is 2. The number of fused-ring (bicyclic) bond motifs is 2. The van der Waals surface area contributed by atoms with Crippen LogP contribution < -0.4 is 0 Å². The molecule has 194 valence electrons. The minimum atomic E-state index is -0.365. The number of hydrogen-bond acceptors (Lipinski definition) is 4. The molecule has 0 bridgehead atoms. The van der Waals surface area contributed by atoms with Gasteiger partial charge in [-0.15, -0.1) is 0 Å². The molecule has 6 rings (SSSR count). The van der Waals surface area contributed by atoms with Crippen LogP contribution in [0.15, 0.2) is 98.1 Å². The molecule has 40 heavy (non-hydrogen) atoms. The van der Waals surface area contributed by atoms with Crippen molar-refractivity contribution in [1.29, 1.82) is 0 Å². The van der Waals surface area contributed by atoms with E-state index in [9.17, 15) is 19.2 Å². The van der Waals surface area contributed by atoms with Gasteiger partial charge in [0.1, 0.15) is 0 Å². The summed E-state index contributed by atoms with van der Waals surface area (Å²) in [5.41, 5.74) is 6.26.